The van der Waals surface area contributed by atoms with Crippen LogP contribution in [0, 0.1) is 0 Å². The maximum atomic E-state index is 11.9. The van der Waals surface area contributed by atoms with Crippen molar-refractivity contribution in [1.82, 2.24) is 9.88 Å². The van der Waals surface area contributed by atoms with Gasteiger partial charge in [-0.2, -0.15) is 0 Å². The lowest BCUT2D eigenvalue weighted by Gasteiger charge is -2.16. The lowest BCUT2D eigenvalue weighted by molar-refractivity contribution is 0.0792. The fourth-order valence-electron chi connectivity index (χ4n) is 1.47. The molecule has 4 nitrogen and oxygen atoms in total. The molecular formula is C12H18N2O2. The largest absolute Gasteiger partial charge is 0.506 e. The van der Waals surface area contributed by atoms with Gasteiger partial charge in [0.25, 0.3) is 5.91 Å². The van der Waals surface area contributed by atoms with E-state index in [1.165, 1.54) is 18.5 Å². The van der Waals surface area contributed by atoms with E-state index in [2.05, 4.69) is 11.9 Å². The van der Waals surface area contributed by atoms with Crippen molar-refractivity contribution in [2.75, 3.05) is 13.6 Å². The molecule has 0 radical (unpaired) electrons. The summed E-state index contributed by atoms with van der Waals surface area (Å²) in [6.07, 6.45) is 6.04. The number of nitrogens with zero attached hydrogens (tertiary/aromatic N) is 2. The third kappa shape index (κ3) is 3.53. The standard InChI is InChI=1S/C12H18N2O2/c1-3-4-5-6-14(2)12(16)10-7-11(15)9-13-8-10/h7-9,15H,3-6H2,1-2H3. The van der Waals surface area contributed by atoms with E-state index < -0.39 is 0 Å². The molecule has 0 unspecified atom stereocenters. The minimum absolute atomic E-state index is 0.0211. The average molecular weight is 222 g/mol. The first kappa shape index (κ1) is 12.5. The Morgan fingerprint density at radius 1 is 1.44 bits per heavy atom. The fraction of sp³-hybridized carbons (Fsp3) is 0.500. The SMILES string of the molecule is CCCCCN(C)C(=O)c1cncc(O)c1. The monoisotopic (exact) mass is 222 g/mol. The van der Waals surface area contributed by atoms with Gasteiger partial charge < -0.3 is 10.0 Å². The summed E-state index contributed by atoms with van der Waals surface area (Å²) in [5, 5.41) is 9.22. The number of aromatic nitrogens is 1. The molecule has 0 bridgehead atoms. The highest BCUT2D eigenvalue weighted by molar-refractivity contribution is 5.94. The second-order valence-corrected chi connectivity index (χ2v) is 3.87. The maximum absolute atomic E-state index is 11.9. The molecule has 0 spiro atoms. The van der Waals surface area contributed by atoms with Gasteiger partial charge in [0.05, 0.1) is 11.8 Å². The summed E-state index contributed by atoms with van der Waals surface area (Å²) in [5.41, 5.74) is 0.430. The fourth-order valence-corrected chi connectivity index (χ4v) is 1.47. The van der Waals surface area contributed by atoms with E-state index in [9.17, 15) is 9.90 Å². The molecule has 4 heteroatoms. The van der Waals surface area contributed by atoms with Crippen LogP contribution >= 0.6 is 0 Å². The Bertz CT molecular complexity index is 353. The average Bonchev–Trinajstić information content (AvgIpc) is 2.28. The van der Waals surface area contributed by atoms with Crippen molar-refractivity contribution in [3.05, 3.63) is 24.0 Å². The predicted molar refractivity (Wildman–Crippen MR) is 62.4 cm³/mol. The summed E-state index contributed by atoms with van der Waals surface area (Å²) < 4.78 is 0. The van der Waals surface area contributed by atoms with Crippen molar-refractivity contribution in [2.45, 2.75) is 26.2 Å². The predicted octanol–water partition coefficient (Wildman–Crippen LogP) is 2.05. The normalized spacial score (nSPS) is 10.1. The summed E-state index contributed by atoms with van der Waals surface area (Å²) in [4.78, 5) is 17.3. The first-order chi connectivity index (χ1) is 7.65. The van der Waals surface area contributed by atoms with Gasteiger partial charge in [-0.25, -0.2) is 0 Å². The van der Waals surface area contributed by atoms with Crippen LogP contribution in [0.25, 0.3) is 0 Å². The third-order valence-corrected chi connectivity index (χ3v) is 2.41. The van der Waals surface area contributed by atoms with Crippen LogP contribution in [0.3, 0.4) is 0 Å². The molecule has 1 aromatic heterocycles. The molecule has 0 aliphatic heterocycles. The van der Waals surface area contributed by atoms with Crippen molar-refractivity contribution >= 4 is 5.91 Å². The van der Waals surface area contributed by atoms with E-state index >= 15 is 0 Å². The summed E-state index contributed by atoms with van der Waals surface area (Å²) in [5.74, 6) is -0.0766. The second kappa shape index (κ2) is 6.10. The summed E-state index contributed by atoms with van der Waals surface area (Å²) in [6, 6.07) is 1.44. The van der Waals surface area contributed by atoms with Gasteiger partial charge in [0.1, 0.15) is 5.75 Å². The quantitative estimate of drug-likeness (QED) is 0.776. The first-order valence-corrected chi connectivity index (χ1v) is 5.54. The van der Waals surface area contributed by atoms with Gasteiger partial charge in [-0.15, -0.1) is 0 Å². The second-order valence-electron chi connectivity index (χ2n) is 3.87. The molecule has 0 aliphatic rings. The van der Waals surface area contributed by atoms with Crippen molar-refractivity contribution in [3.63, 3.8) is 0 Å². The van der Waals surface area contributed by atoms with Gasteiger partial charge in [0, 0.05) is 19.8 Å². The highest BCUT2D eigenvalue weighted by Crippen LogP contribution is 2.10. The molecule has 0 atom stereocenters. The Balaban J connectivity index is 2.56. The van der Waals surface area contributed by atoms with Gasteiger partial charge in [0.2, 0.25) is 0 Å². The Morgan fingerprint density at radius 3 is 2.81 bits per heavy atom. The molecule has 1 aromatic rings. The third-order valence-electron chi connectivity index (χ3n) is 2.41. The van der Waals surface area contributed by atoms with Crippen LogP contribution in [-0.4, -0.2) is 34.5 Å². The molecule has 0 aromatic carbocycles. The zero-order valence-electron chi connectivity index (χ0n) is 9.81. The lowest BCUT2D eigenvalue weighted by Crippen LogP contribution is -2.27. The number of amides is 1. The molecule has 1 N–H and O–H groups in total. The summed E-state index contributed by atoms with van der Waals surface area (Å²) in [6.45, 7) is 2.86. The summed E-state index contributed by atoms with van der Waals surface area (Å²) in [7, 11) is 1.77. The summed E-state index contributed by atoms with van der Waals surface area (Å²) >= 11 is 0. The van der Waals surface area contributed by atoms with Crippen molar-refractivity contribution in [3.8, 4) is 5.75 Å². The Kier molecular flexibility index (Phi) is 4.76. The molecule has 1 rings (SSSR count). The van der Waals surface area contributed by atoms with Gasteiger partial charge >= 0.3 is 0 Å². The number of carbonyl (C=O) groups is 1. The van der Waals surface area contributed by atoms with Gasteiger partial charge in [0.15, 0.2) is 0 Å². The number of pyridine rings is 1. The molecular weight excluding hydrogens is 204 g/mol. The molecule has 0 saturated carbocycles. The first-order valence-electron chi connectivity index (χ1n) is 5.54. The van der Waals surface area contributed by atoms with E-state index in [4.69, 9.17) is 0 Å². The van der Waals surface area contributed by atoms with Gasteiger partial charge in [-0.1, -0.05) is 19.8 Å². The molecule has 0 fully saturated rings. The number of aromatic hydroxyl groups is 1. The van der Waals surface area contributed by atoms with Crippen LogP contribution in [-0.2, 0) is 0 Å². The van der Waals surface area contributed by atoms with E-state index in [0.717, 1.165) is 25.8 Å². The maximum Gasteiger partial charge on any atom is 0.255 e. The smallest absolute Gasteiger partial charge is 0.255 e. The minimum atomic E-state index is -0.0977. The Labute approximate surface area is 95.9 Å². The molecule has 88 valence electrons. The minimum Gasteiger partial charge on any atom is -0.506 e. The van der Waals surface area contributed by atoms with Crippen LogP contribution in [0.15, 0.2) is 18.5 Å². The zero-order valence-corrected chi connectivity index (χ0v) is 9.81. The van der Waals surface area contributed by atoms with E-state index in [-0.39, 0.29) is 11.7 Å². The Hall–Kier alpha value is -1.58. The number of hydrogen-bond donors (Lipinski definition) is 1. The van der Waals surface area contributed by atoms with E-state index in [1.807, 2.05) is 0 Å². The zero-order chi connectivity index (χ0) is 12.0. The van der Waals surface area contributed by atoms with E-state index in [0.29, 0.717) is 5.56 Å². The molecule has 1 amide bonds. The van der Waals surface area contributed by atoms with Crippen LogP contribution in [0.4, 0.5) is 0 Å². The number of carbonyl (C=O) groups excluding carboxylic acids is 1. The number of unbranched alkanes of at least 4 members (excludes halogenated alkanes) is 2. The van der Waals surface area contributed by atoms with Crippen molar-refractivity contribution < 1.29 is 9.90 Å². The molecule has 0 saturated heterocycles. The molecule has 16 heavy (non-hydrogen) atoms. The van der Waals surface area contributed by atoms with E-state index in [1.54, 1.807) is 11.9 Å². The topological polar surface area (TPSA) is 53.4 Å². The molecule has 1 heterocycles. The van der Waals surface area contributed by atoms with Crippen LogP contribution < -0.4 is 0 Å². The highest BCUT2D eigenvalue weighted by Gasteiger charge is 2.11. The van der Waals surface area contributed by atoms with Crippen molar-refractivity contribution in [1.29, 1.82) is 0 Å². The molecule has 0 aliphatic carbocycles. The van der Waals surface area contributed by atoms with Crippen molar-refractivity contribution in [2.24, 2.45) is 0 Å². The highest BCUT2D eigenvalue weighted by atomic mass is 16.3. The van der Waals surface area contributed by atoms with Crippen LogP contribution in [0.5, 0.6) is 5.75 Å². The van der Waals surface area contributed by atoms with Gasteiger partial charge in [-0.05, 0) is 12.5 Å². The van der Waals surface area contributed by atoms with Crippen LogP contribution in [0.2, 0.25) is 0 Å². The number of hydrogen-bond acceptors (Lipinski definition) is 3. The lowest BCUT2D eigenvalue weighted by atomic mass is 10.2. The number of rotatable bonds is 5. The van der Waals surface area contributed by atoms with Gasteiger partial charge in [-0.3, -0.25) is 9.78 Å². The van der Waals surface area contributed by atoms with Crippen LogP contribution in [0.1, 0.15) is 36.5 Å². The Morgan fingerprint density at radius 2 is 2.19 bits per heavy atom.